The standard InChI is InChI=1S/C24H25N3O4S/c25-24(29)20-13-23-21(14-22(20)28)26-15-18-9-3-7-16(11-18)5-1-2-6-17-8-4-10-19(12-17)27-32(23,30)31/h3-4,7-14,26-28H,1-2,5-6,15H2,(H2,25,29). The van der Waals surface area contributed by atoms with Crippen molar-refractivity contribution in [3.05, 3.63) is 82.9 Å². The molecule has 0 saturated carbocycles. The predicted molar refractivity (Wildman–Crippen MR) is 124 cm³/mol. The molecule has 0 unspecified atom stereocenters. The van der Waals surface area contributed by atoms with E-state index in [9.17, 15) is 18.3 Å². The van der Waals surface area contributed by atoms with Crippen LogP contribution in [-0.4, -0.2) is 19.4 Å². The number of primary amides is 1. The Morgan fingerprint density at radius 3 is 2.28 bits per heavy atom. The van der Waals surface area contributed by atoms with Crippen LogP contribution in [0.1, 0.15) is 39.9 Å². The Labute approximate surface area is 187 Å². The van der Waals surface area contributed by atoms with E-state index in [4.69, 9.17) is 5.73 Å². The summed E-state index contributed by atoms with van der Waals surface area (Å²) in [7, 11) is -4.08. The van der Waals surface area contributed by atoms with Crippen LogP contribution in [0.3, 0.4) is 0 Å². The van der Waals surface area contributed by atoms with Crippen molar-refractivity contribution in [1.29, 1.82) is 0 Å². The molecular weight excluding hydrogens is 426 g/mol. The number of carbonyl (C=O) groups excluding carboxylic acids is 1. The van der Waals surface area contributed by atoms with E-state index < -0.39 is 15.9 Å². The van der Waals surface area contributed by atoms with Crippen molar-refractivity contribution in [3.63, 3.8) is 0 Å². The molecule has 8 heteroatoms. The summed E-state index contributed by atoms with van der Waals surface area (Å²) in [6, 6.07) is 17.7. The average Bonchev–Trinajstić information content (AvgIpc) is 2.74. The van der Waals surface area contributed by atoms with Crippen LogP contribution in [0.5, 0.6) is 5.75 Å². The fourth-order valence-corrected chi connectivity index (χ4v) is 5.12. The summed E-state index contributed by atoms with van der Waals surface area (Å²) >= 11 is 0. The minimum atomic E-state index is -4.08. The van der Waals surface area contributed by atoms with Crippen LogP contribution < -0.4 is 15.8 Å². The molecule has 0 saturated heterocycles. The molecular formula is C24H25N3O4S. The lowest BCUT2D eigenvalue weighted by Gasteiger charge is -2.17. The van der Waals surface area contributed by atoms with Crippen LogP contribution >= 0.6 is 0 Å². The molecule has 0 fully saturated rings. The van der Waals surface area contributed by atoms with Crippen LogP contribution in [0.2, 0.25) is 0 Å². The normalized spacial score (nSPS) is 15.6. The zero-order chi connectivity index (χ0) is 22.7. The summed E-state index contributed by atoms with van der Waals surface area (Å²) in [6.07, 6.45) is 3.81. The van der Waals surface area contributed by atoms with Gasteiger partial charge in [-0.05, 0) is 60.6 Å². The van der Waals surface area contributed by atoms with Crippen LogP contribution in [0.15, 0.2) is 65.6 Å². The topological polar surface area (TPSA) is 122 Å². The van der Waals surface area contributed by atoms with Crippen LogP contribution in [0, 0.1) is 0 Å². The van der Waals surface area contributed by atoms with E-state index in [2.05, 4.69) is 22.2 Å². The van der Waals surface area contributed by atoms with Gasteiger partial charge in [0.2, 0.25) is 0 Å². The second-order valence-electron chi connectivity index (χ2n) is 7.92. The highest BCUT2D eigenvalue weighted by atomic mass is 32.2. The van der Waals surface area contributed by atoms with E-state index in [1.807, 2.05) is 30.3 Å². The van der Waals surface area contributed by atoms with Gasteiger partial charge in [0.25, 0.3) is 15.9 Å². The number of nitrogens with one attached hydrogen (secondary N) is 2. The number of benzene rings is 3. The van der Waals surface area contributed by atoms with Crippen molar-refractivity contribution in [3.8, 4) is 5.75 Å². The van der Waals surface area contributed by atoms with Gasteiger partial charge in [-0.15, -0.1) is 0 Å². The third-order valence-corrected chi connectivity index (χ3v) is 6.91. The third kappa shape index (κ3) is 4.86. The Kier molecular flexibility index (Phi) is 6.05. The molecule has 0 aliphatic carbocycles. The number of aromatic hydroxyl groups is 1. The van der Waals surface area contributed by atoms with Gasteiger partial charge in [0.05, 0.1) is 11.3 Å². The van der Waals surface area contributed by atoms with Gasteiger partial charge in [-0.3, -0.25) is 9.52 Å². The van der Waals surface area contributed by atoms with E-state index in [-0.39, 0.29) is 21.9 Å². The lowest BCUT2D eigenvalue weighted by Crippen LogP contribution is -2.18. The molecule has 166 valence electrons. The second kappa shape index (κ2) is 8.92. The number of aryl methyl sites for hydroxylation is 2. The molecule has 5 N–H and O–H groups in total. The van der Waals surface area contributed by atoms with Gasteiger partial charge in [-0.1, -0.05) is 36.4 Å². The van der Waals surface area contributed by atoms with Gasteiger partial charge in [-0.25, -0.2) is 8.42 Å². The summed E-state index contributed by atoms with van der Waals surface area (Å²) in [6.45, 7) is 0.348. The van der Waals surface area contributed by atoms with Gasteiger partial charge in [0.15, 0.2) is 0 Å². The summed E-state index contributed by atoms with van der Waals surface area (Å²) in [4.78, 5) is 11.6. The molecule has 0 aromatic heterocycles. The molecule has 1 heterocycles. The maximum atomic E-state index is 13.3. The molecule has 1 amide bonds. The van der Waals surface area contributed by atoms with E-state index in [1.165, 1.54) is 11.6 Å². The fraction of sp³-hybridized carbons (Fsp3) is 0.208. The number of amides is 1. The van der Waals surface area contributed by atoms with E-state index in [0.717, 1.165) is 42.9 Å². The Bertz CT molecular complexity index is 1270. The SMILES string of the molecule is NC(=O)c1cc2c(cc1O)NCc1cccc(c1)CCCCc1cccc(c1)NS2(=O)=O. The van der Waals surface area contributed by atoms with E-state index >= 15 is 0 Å². The monoisotopic (exact) mass is 451 g/mol. The number of hydrogen-bond acceptors (Lipinski definition) is 5. The van der Waals surface area contributed by atoms with Gasteiger partial charge < -0.3 is 16.2 Å². The number of nitrogens with two attached hydrogens (primary N) is 1. The highest BCUT2D eigenvalue weighted by Gasteiger charge is 2.23. The van der Waals surface area contributed by atoms with Crippen molar-refractivity contribution < 1.29 is 18.3 Å². The van der Waals surface area contributed by atoms with Crippen LogP contribution in [-0.2, 0) is 29.4 Å². The Balaban J connectivity index is 1.82. The highest BCUT2D eigenvalue weighted by molar-refractivity contribution is 7.92. The van der Waals surface area contributed by atoms with Crippen molar-refractivity contribution in [1.82, 2.24) is 0 Å². The molecule has 0 radical (unpaired) electrons. The molecule has 0 atom stereocenters. The molecule has 1 aliphatic rings. The lowest BCUT2D eigenvalue weighted by atomic mass is 10.0. The first-order valence-corrected chi connectivity index (χ1v) is 11.9. The molecule has 4 rings (SSSR count). The van der Waals surface area contributed by atoms with Gasteiger partial charge in [0.1, 0.15) is 10.6 Å². The zero-order valence-electron chi connectivity index (χ0n) is 17.5. The number of anilines is 2. The maximum absolute atomic E-state index is 13.3. The number of hydrogen-bond donors (Lipinski definition) is 4. The Morgan fingerprint density at radius 2 is 1.56 bits per heavy atom. The number of fused-ring (bicyclic) bond motifs is 5. The summed E-state index contributed by atoms with van der Waals surface area (Å²) in [5.41, 5.74) is 8.91. The van der Waals surface area contributed by atoms with Crippen molar-refractivity contribution in [2.45, 2.75) is 37.1 Å². The molecule has 3 aromatic rings. The quantitative estimate of drug-likeness (QED) is 0.449. The van der Waals surface area contributed by atoms with Crippen molar-refractivity contribution in [2.75, 3.05) is 10.0 Å². The zero-order valence-corrected chi connectivity index (χ0v) is 18.3. The van der Waals surface area contributed by atoms with Crippen molar-refractivity contribution in [2.24, 2.45) is 5.73 Å². The van der Waals surface area contributed by atoms with Crippen LogP contribution in [0.25, 0.3) is 0 Å². The lowest BCUT2D eigenvalue weighted by molar-refractivity contribution is 0.0997. The predicted octanol–water partition coefficient (Wildman–Crippen LogP) is 3.78. The minimum absolute atomic E-state index is 0.169. The summed E-state index contributed by atoms with van der Waals surface area (Å²) in [5.74, 6) is -1.30. The Morgan fingerprint density at radius 1 is 0.906 bits per heavy atom. The number of carbonyl (C=O) groups is 1. The van der Waals surface area contributed by atoms with Crippen LogP contribution in [0.4, 0.5) is 11.4 Å². The van der Waals surface area contributed by atoms with E-state index in [0.29, 0.717) is 12.2 Å². The second-order valence-corrected chi connectivity index (χ2v) is 9.57. The molecule has 32 heavy (non-hydrogen) atoms. The third-order valence-electron chi connectivity index (χ3n) is 5.49. The van der Waals surface area contributed by atoms with Gasteiger partial charge in [-0.2, -0.15) is 0 Å². The molecule has 3 aromatic carbocycles. The number of phenols is 1. The molecule has 7 nitrogen and oxygen atoms in total. The highest BCUT2D eigenvalue weighted by Crippen LogP contribution is 2.32. The van der Waals surface area contributed by atoms with Gasteiger partial charge >= 0.3 is 0 Å². The summed E-state index contributed by atoms with van der Waals surface area (Å²) < 4.78 is 29.1. The number of rotatable bonds is 1. The van der Waals surface area contributed by atoms with Gasteiger partial charge in [0, 0.05) is 18.3 Å². The fourth-order valence-electron chi connectivity index (χ4n) is 3.88. The Hall–Kier alpha value is -3.52. The van der Waals surface area contributed by atoms with Crippen molar-refractivity contribution >= 4 is 27.3 Å². The first-order valence-electron chi connectivity index (χ1n) is 10.4. The first-order chi connectivity index (χ1) is 15.3. The largest absolute Gasteiger partial charge is 0.507 e. The molecule has 4 bridgehead atoms. The van der Waals surface area contributed by atoms with E-state index in [1.54, 1.807) is 6.07 Å². The average molecular weight is 452 g/mol. The summed E-state index contributed by atoms with van der Waals surface area (Å²) in [5, 5.41) is 13.3. The first kappa shape index (κ1) is 21.7. The number of sulfonamides is 1. The maximum Gasteiger partial charge on any atom is 0.263 e. The minimum Gasteiger partial charge on any atom is -0.507 e. The molecule has 0 spiro atoms. The smallest absolute Gasteiger partial charge is 0.263 e. The molecule has 1 aliphatic heterocycles.